The number of nitro benzene ring substituents is 1. The number of methoxy groups -OCH3 is 1. The number of rotatable bonds is 6. The second-order valence-electron chi connectivity index (χ2n) is 10.5. The van der Waals surface area contributed by atoms with E-state index in [0.29, 0.717) is 27.9 Å². The molecule has 0 aliphatic rings. The molecule has 0 fully saturated rings. The molecule has 5 N–H and O–H groups in total. The summed E-state index contributed by atoms with van der Waals surface area (Å²) in [6.07, 6.45) is 5.16. The van der Waals surface area contributed by atoms with E-state index in [1.165, 1.54) is 23.8 Å². The summed E-state index contributed by atoms with van der Waals surface area (Å²) in [5, 5.41) is 23.3. The Hall–Kier alpha value is -6.43. The van der Waals surface area contributed by atoms with E-state index in [1.54, 1.807) is 37.6 Å². The third kappa shape index (κ3) is 5.86. The minimum Gasteiger partial charge on any atom is -0.497 e. The fourth-order valence-electron chi connectivity index (χ4n) is 5.27. The van der Waals surface area contributed by atoms with Gasteiger partial charge in [-0.3, -0.25) is 20.1 Å². The zero-order valence-corrected chi connectivity index (χ0v) is 24.5. The highest BCUT2D eigenvalue weighted by Crippen LogP contribution is 2.30. The van der Waals surface area contributed by atoms with Crippen molar-refractivity contribution >= 4 is 66.9 Å². The van der Waals surface area contributed by atoms with Crippen LogP contribution in [-0.2, 0) is 12.8 Å². The van der Waals surface area contributed by atoms with E-state index in [-0.39, 0.29) is 17.1 Å². The van der Waals surface area contributed by atoms with E-state index in [4.69, 9.17) is 16.2 Å². The summed E-state index contributed by atoms with van der Waals surface area (Å²) in [6.45, 7) is 0. The number of hydrogen-bond donors (Lipinski definition) is 3. The number of aromatic carboxylic acids is 1. The van der Waals surface area contributed by atoms with Crippen molar-refractivity contribution in [1.82, 2.24) is 19.9 Å². The summed E-state index contributed by atoms with van der Waals surface area (Å²) < 4.78 is 5.19. The molecule has 228 valence electrons. The number of nitro groups is 1. The number of carbonyl (C=O) groups is 1. The van der Waals surface area contributed by atoms with Crippen LogP contribution in [0.25, 0.3) is 43.6 Å². The van der Waals surface area contributed by atoms with Gasteiger partial charge in [0.05, 0.1) is 28.6 Å². The number of aryl methyl sites for hydroxylation is 2. The second-order valence-corrected chi connectivity index (χ2v) is 10.5. The number of non-ortho nitro benzene ring substituents is 1. The zero-order valence-electron chi connectivity index (χ0n) is 24.5. The van der Waals surface area contributed by atoms with Crippen LogP contribution in [0.15, 0.2) is 91.3 Å². The fourth-order valence-corrected chi connectivity index (χ4v) is 5.27. The molecule has 4 aromatic heterocycles. The Morgan fingerprint density at radius 1 is 0.804 bits per heavy atom. The molecule has 0 bridgehead atoms. The van der Waals surface area contributed by atoms with Crippen LogP contribution < -0.4 is 16.2 Å². The van der Waals surface area contributed by atoms with Gasteiger partial charge in [0, 0.05) is 46.1 Å². The summed E-state index contributed by atoms with van der Waals surface area (Å²) in [7, 11) is 1.65. The van der Waals surface area contributed by atoms with Gasteiger partial charge in [-0.2, -0.15) is 0 Å². The number of fused-ring (bicyclic) bond motifs is 6. The molecule has 0 aliphatic heterocycles. The van der Waals surface area contributed by atoms with E-state index < -0.39 is 10.9 Å². The van der Waals surface area contributed by atoms with Gasteiger partial charge in [-0.1, -0.05) is 24.3 Å². The van der Waals surface area contributed by atoms with E-state index in [2.05, 4.69) is 38.1 Å². The Kier molecular flexibility index (Phi) is 7.91. The molecule has 0 saturated heterocycles. The van der Waals surface area contributed by atoms with E-state index in [0.717, 1.165) is 45.7 Å². The summed E-state index contributed by atoms with van der Waals surface area (Å²) in [5.41, 5.74) is 16.6. The van der Waals surface area contributed by atoms with Crippen molar-refractivity contribution in [2.75, 3.05) is 18.6 Å². The van der Waals surface area contributed by atoms with Gasteiger partial charge in [0.1, 0.15) is 16.8 Å². The largest absolute Gasteiger partial charge is 0.497 e. The molecule has 0 atom stereocenters. The molecule has 0 aliphatic carbocycles. The summed E-state index contributed by atoms with van der Waals surface area (Å²) in [6, 6.07) is 23.2. The van der Waals surface area contributed by atoms with Crippen LogP contribution in [0.1, 0.15) is 21.5 Å². The Morgan fingerprint density at radius 3 is 2.15 bits per heavy atom. The van der Waals surface area contributed by atoms with Crippen LogP contribution in [0.2, 0.25) is 0 Å². The molecule has 4 heterocycles. The molecule has 7 aromatic rings. The van der Waals surface area contributed by atoms with E-state index in [9.17, 15) is 20.0 Å². The van der Waals surface area contributed by atoms with Crippen molar-refractivity contribution in [1.29, 1.82) is 0 Å². The number of anilines is 2. The second kappa shape index (κ2) is 12.3. The van der Waals surface area contributed by atoms with Crippen LogP contribution in [-0.4, -0.2) is 43.0 Å². The van der Waals surface area contributed by atoms with Gasteiger partial charge in [-0.05, 0) is 66.4 Å². The smallest absolute Gasteiger partial charge is 0.335 e. The quantitative estimate of drug-likeness (QED) is 0.111. The molecule has 0 amide bonds. The number of nitrogen functional groups attached to an aromatic ring is 2. The summed E-state index contributed by atoms with van der Waals surface area (Å²) in [5.74, 6) is 0.422. The third-order valence-corrected chi connectivity index (χ3v) is 7.60. The lowest BCUT2D eigenvalue weighted by Gasteiger charge is -2.09. The standard InChI is InChI=1S/C22H19N3O3.C12H8N4O2/c1-28-16-7-4-13(5-8-16)2-3-14-10-18-17-9-6-15(22(26)27)11-19(17)25-21(23)20(18)24-12-14;13-12-11-9(2-1-5-14-11)8-4-3-7(16(17)18)6-10(8)15-12/h4-12H,2-3H2,1H3,(H2,23,25)(H,26,27);1-6H,(H2,13,15). The number of carboxylic acids is 1. The number of benzene rings is 3. The first-order valence-electron chi connectivity index (χ1n) is 14.1. The van der Waals surface area contributed by atoms with Crippen molar-refractivity contribution in [2.24, 2.45) is 0 Å². The number of carboxylic acid groups (broad SMARTS) is 1. The molecular weight excluding hydrogens is 586 g/mol. The van der Waals surface area contributed by atoms with E-state index >= 15 is 0 Å². The SMILES string of the molecule is COc1ccc(CCc2cnc3c(N)nc4cc(C(=O)O)ccc4c3c2)cc1.Nc1nc2cc([N+](=O)[O-])ccc2c2cccnc12. The monoisotopic (exact) mass is 613 g/mol. The van der Waals surface area contributed by atoms with Gasteiger partial charge in [-0.25, -0.2) is 14.8 Å². The van der Waals surface area contributed by atoms with Gasteiger partial charge < -0.3 is 21.3 Å². The number of nitrogens with two attached hydrogens (primary N) is 2. The Bertz CT molecular complexity index is 2290. The summed E-state index contributed by atoms with van der Waals surface area (Å²) in [4.78, 5) is 38.7. The lowest BCUT2D eigenvalue weighted by atomic mass is 10.0. The first kappa shape index (κ1) is 29.6. The predicted molar refractivity (Wildman–Crippen MR) is 177 cm³/mol. The van der Waals surface area contributed by atoms with Crippen LogP contribution in [0.4, 0.5) is 17.3 Å². The van der Waals surface area contributed by atoms with Crippen molar-refractivity contribution in [2.45, 2.75) is 12.8 Å². The molecule has 0 saturated carbocycles. The van der Waals surface area contributed by atoms with Crippen molar-refractivity contribution < 1.29 is 19.6 Å². The van der Waals surface area contributed by atoms with Crippen LogP contribution in [0, 0.1) is 10.1 Å². The Balaban J connectivity index is 0.000000178. The molecule has 46 heavy (non-hydrogen) atoms. The lowest BCUT2D eigenvalue weighted by Crippen LogP contribution is -2.00. The lowest BCUT2D eigenvalue weighted by molar-refractivity contribution is -0.384. The Morgan fingerprint density at radius 2 is 1.46 bits per heavy atom. The molecule has 0 spiro atoms. The fraction of sp³-hybridized carbons (Fsp3) is 0.0882. The summed E-state index contributed by atoms with van der Waals surface area (Å²) >= 11 is 0. The zero-order chi connectivity index (χ0) is 32.4. The van der Waals surface area contributed by atoms with Gasteiger partial charge >= 0.3 is 5.97 Å². The maximum Gasteiger partial charge on any atom is 0.335 e. The average molecular weight is 614 g/mol. The molecule has 0 radical (unpaired) electrons. The predicted octanol–water partition coefficient (Wildman–Crippen LogP) is 6.13. The molecular formula is C34H27N7O5. The number of pyridine rings is 4. The first-order valence-corrected chi connectivity index (χ1v) is 14.1. The minimum atomic E-state index is -0.992. The minimum absolute atomic E-state index is 0.00218. The molecule has 7 rings (SSSR count). The maximum absolute atomic E-state index is 11.2. The van der Waals surface area contributed by atoms with Gasteiger partial charge in [0.15, 0.2) is 11.6 Å². The topological polar surface area (TPSA) is 193 Å². The first-order chi connectivity index (χ1) is 22.2. The van der Waals surface area contributed by atoms with Crippen LogP contribution in [0.3, 0.4) is 0 Å². The molecule has 12 nitrogen and oxygen atoms in total. The van der Waals surface area contributed by atoms with Gasteiger partial charge in [0.2, 0.25) is 0 Å². The maximum atomic E-state index is 11.2. The Labute approximate surface area is 261 Å². The number of hydrogen-bond acceptors (Lipinski definition) is 10. The molecule has 12 heteroatoms. The normalized spacial score (nSPS) is 11.0. The molecule has 3 aromatic carbocycles. The van der Waals surface area contributed by atoms with Crippen LogP contribution >= 0.6 is 0 Å². The third-order valence-electron chi connectivity index (χ3n) is 7.60. The van der Waals surface area contributed by atoms with Crippen molar-refractivity contribution in [3.05, 3.63) is 118 Å². The highest BCUT2D eigenvalue weighted by Gasteiger charge is 2.13. The molecule has 0 unspecified atom stereocenters. The number of nitrogens with zero attached hydrogens (tertiary/aromatic N) is 5. The van der Waals surface area contributed by atoms with Crippen molar-refractivity contribution in [3.8, 4) is 5.75 Å². The highest BCUT2D eigenvalue weighted by molar-refractivity contribution is 6.10. The van der Waals surface area contributed by atoms with Gasteiger partial charge in [0.25, 0.3) is 5.69 Å². The number of aromatic nitrogens is 4. The average Bonchev–Trinajstić information content (AvgIpc) is 3.07. The number of ether oxygens (including phenoxy) is 1. The van der Waals surface area contributed by atoms with Crippen molar-refractivity contribution in [3.63, 3.8) is 0 Å². The van der Waals surface area contributed by atoms with Gasteiger partial charge in [-0.15, -0.1) is 0 Å². The van der Waals surface area contributed by atoms with Crippen LogP contribution in [0.5, 0.6) is 5.75 Å². The highest BCUT2D eigenvalue weighted by atomic mass is 16.6. The van der Waals surface area contributed by atoms with E-state index in [1.807, 2.05) is 24.4 Å².